The van der Waals surface area contributed by atoms with Crippen LogP contribution >= 0.6 is 0 Å². The summed E-state index contributed by atoms with van der Waals surface area (Å²) in [6.45, 7) is 0.561. The molecule has 1 heterocycles. The van der Waals surface area contributed by atoms with Gasteiger partial charge in [0.15, 0.2) is 5.75 Å². The van der Waals surface area contributed by atoms with E-state index in [1.54, 1.807) is 4.90 Å². The van der Waals surface area contributed by atoms with Crippen molar-refractivity contribution in [2.24, 2.45) is 0 Å². The van der Waals surface area contributed by atoms with Crippen LogP contribution in [0.25, 0.3) is 0 Å². The summed E-state index contributed by atoms with van der Waals surface area (Å²) >= 11 is 0. The average molecular weight is 400 g/mol. The fourth-order valence-electron chi connectivity index (χ4n) is 2.69. The monoisotopic (exact) mass is 400 g/mol. The van der Waals surface area contributed by atoms with Crippen molar-refractivity contribution in [3.8, 4) is 5.75 Å². The Morgan fingerprint density at radius 3 is 2.30 bits per heavy atom. The van der Waals surface area contributed by atoms with E-state index in [1.165, 1.54) is 36.4 Å². The van der Waals surface area contributed by atoms with Crippen molar-refractivity contribution in [3.05, 3.63) is 48.5 Å². The zero-order valence-corrected chi connectivity index (χ0v) is 14.7. The Hall–Kier alpha value is -2.75. The number of rotatable bonds is 5. The highest BCUT2D eigenvalue weighted by Gasteiger charge is 2.32. The van der Waals surface area contributed by atoms with Crippen molar-refractivity contribution in [1.82, 2.24) is 0 Å². The van der Waals surface area contributed by atoms with E-state index in [0.717, 1.165) is 18.6 Å². The summed E-state index contributed by atoms with van der Waals surface area (Å²) in [5, 5.41) is 0. The van der Waals surface area contributed by atoms with Gasteiger partial charge in [-0.3, -0.25) is 9.52 Å². The lowest BCUT2D eigenvalue weighted by Crippen LogP contribution is -2.23. The molecule has 0 radical (unpaired) electrons. The minimum atomic E-state index is -4.95. The summed E-state index contributed by atoms with van der Waals surface area (Å²) in [5.41, 5.74) is 0.228. The number of nitrogens with one attached hydrogen (secondary N) is 1. The topological polar surface area (TPSA) is 75.7 Å². The zero-order chi connectivity index (χ0) is 19.7. The molecule has 1 fully saturated rings. The molecule has 27 heavy (non-hydrogen) atoms. The number of sulfonamides is 1. The molecule has 0 unspecified atom stereocenters. The molecule has 0 bridgehead atoms. The number of nitrogens with zero attached hydrogens (tertiary/aromatic N) is 1. The van der Waals surface area contributed by atoms with Gasteiger partial charge >= 0.3 is 6.36 Å². The summed E-state index contributed by atoms with van der Waals surface area (Å²) < 4.78 is 68.3. The van der Waals surface area contributed by atoms with Gasteiger partial charge in [0.2, 0.25) is 5.91 Å². The fourth-order valence-corrected chi connectivity index (χ4v) is 3.77. The molecule has 1 N–H and O–H groups in total. The van der Waals surface area contributed by atoms with Gasteiger partial charge < -0.3 is 9.64 Å². The quantitative estimate of drug-likeness (QED) is 0.833. The number of halogens is 3. The Kier molecular flexibility index (Phi) is 5.01. The number of carbonyl (C=O) groups excluding carboxylic acids is 1. The number of hydrogen-bond donors (Lipinski definition) is 1. The number of hydrogen-bond acceptors (Lipinski definition) is 4. The van der Waals surface area contributed by atoms with Crippen LogP contribution in [0.3, 0.4) is 0 Å². The second kappa shape index (κ2) is 7.10. The van der Waals surface area contributed by atoms with Gasteiger partial charge in [0.05, 0.1) is 10.6 Å². The van der Waals surface area contributed by atoms with E-state index in [1.807, 2.05) is 0 Å². The molecule has 0 aliphatic carbocycles. The second-order valence-corrected chi connectivity index (χ2v) is 7.47. The van der Waals surface area contributed by atoms with Gasteiger partial charge in [-0.15, -0.1) is 13.2 Å². The molecule has 3 rings (SSSR count). The maximum atomic E-state index is 12.5. The second-order valence-electron chi connectivity index (χ2n) is 5.79. The summed E-state index contributed by atoms with van der Waals surface area (Å²) in [6, 6.07) is 10.4. The van der Waals surface area contributed by atoms with Crippen molar-refractivity contribution in [2.45, 2.75) is 24.1 Å². The van der Waals surface area contributed by atoms with E-state index in [4.69, 9.17) is 0 Å². The Labute approximate surface area is 153 Å². The smallest absolute Gasteiger partial charge is 0.404 e. The maximum Gasteiger partial charge on any atom is 0.573 e. The molecular formula is C17H15F3N2O4S. The Morgan fingerprint density at radius 2 is 1.70 bits per heavy atom. The van der Waals surface area contributed by atoms with Gasteiger partial charge in [-0.2, -0.15) is 0 Å². The first-order chi connectivity index (χ1) is 12.7. The van der Waals surface area contributed by atoms with Crippen LogP contribution in [-0.2, 0) is 14.8 Å². The Bertz CT molecular complexity index is 943. The molecule has 1 saturated heterocycles. The molecule has 2 aromatic carbocycles. The van der Waals surface area contributed by atoms with Crippen molar-refractivity contribution in [3.63, 3.8) is 0 Å². The third-order valence-corrected chi connectivity index (χ3v) is 5.27. The predicted octanol–water partition coefficient (Wildman–Crippen LogP) is 3.51. The van der Waals surface area contributed by atoms with Crippen LogP contribution < -0.4 is 14.4 Å². The molecule has 0 atom stereocenters. The van der Waals surface area contributed by atoms with E-state index in [2.05, 4.69) is 9.46 Å². The molecule has 1 amide bonds. The first-order valence-electron chi connectivity index (χ1n) is 7.94. The highest BCUT2D eigenvalue weighted by atomic mass is 32.2. The number of alkyl halides is 3. The molecule has 144 valence electrons. The molecule has 1 aliphatic heterocycles. The van der Waals surface area contributed by atoms with Crippen molar-refractivity contribution >= 4 is 27.3 Å². The summed E-state index contributed by atoms with van der Waals surface area (Å²) in [7, 11) is -4.15. The minimum absolute atomic E-state index is 0.0399. The molecule has 10 heteroatoms. The lowest BCUT2D eigenvalue weighted by Gasteiger charge is -2.17. The lowest BCUT2D eigenvalue weighted by molar-refractivity contribution is -0.274. The van der Waals surface area contributed by atoms with E-state index < -0.39 is 22.1 Å². The normalized spacial score (nSPS) is 15.1. The molecule has 6 nitrogen and oxygen atoms in total. The van der Waals surface area contributed by atoms with E-state index in [0.29, 0.717) is 18.7 Å². The molecule has 1 aliphatic rings. The van der Waals surface area contributed by atoms with Crippen LogP contribution in [0.4, 0.5) is 24.5 Å². The van der Waals surface area contributed by atoms with Crippen LogP contribution in [0.1, 0.15) is 12.8 Å². The number of anilines is 2. The SMILES string of the molecule is O=C1CCCN1c1ccc(S(=O)(=O)Nc2ccccc2OC(F)(F)F)cc1. The highest BCUT2D eigenvalue weighted by Crippen LogP contribution is 2.32. The van der Waals surface area contributed by atoms with Gasteiger partial charge in [-0.05, 0) is 42.8 Å². The molecular weight excluding hydrogens is 385 g/mol. The fraction of sp³-hybridized carbons (Fsp3) is 0.235. The number of amides is 1. The van der Waals surface area contributed by atoms with Crippen molar-refractivity contribution in [1.29, 1.82) is 0 Å². The number of benzene rings is 2. The van der Waals surface area contributed by atoms with Crippen LogP contribution in [0, 0.1) is 0 Å². The zero-order valence-electron chi connectivity index (χ0n) is 13.9. The van der Waals surface area contributed by atoms with Crippen LogP contribution in [-0.4, -0.2) is 27.2 Å². The van der Waals surface area contributed by atoms with Crippen LogP contribution in [0.5, 0.6) is 5.75 Å². The third kappa shape index (κ3) is 4.51. The average Bonchev–Trinajstić information content (AvgIpc) is 3.01. The van der Waals surface area contributed by atoms with Crippen molar-refractivity contribution < 1.29 is 31.1 Å². The Morgan fingerprint density at radius 1 is 1.04 bits per heavy atom. The summed E-state index contributed by atoms with van der Waals surface area (Å²) in [6.07, 6.45) is -3.78. The molecule has 2 aromatic rings. The molecule has 0 spiro atoms. The molecule has 0 aromatic heterocycles. The first kappa shape index (κ1) is 19.0. The van der Waals surface area contributed by atoms with Crippen LogP contribution in [0.2, 0.25) is 0 Å². The summed E-state index contributed by atoms with van der Waals surface area (Å²) in [5.74, 6) is -0.699. The number of carbonyl (C=O) groups is 1. The van der Waals surface area contributed by atoms with Gasteiger partial charge in [-0.1, -0.05) is 12.1 Å². The lowest BCUT2D eigenvalue weighted by atomic mass is 10.3. The Balaban J connectivity index is 1.82. The van der Waals surface area contributed by atoms with E-state index in [9.17, 15) is 26.4 Å². The molecule has 0 saturated carbocycles. The highest BCUT2D eigenvalue weighted by molar-refractivity contribution is 7.92. The van der Waals surface area contributed by atoms with Crippen molar-refractivity contribution in [2.75, 3.05) is 16.2 Å². The first-order valence-corrected chi connectivity index (χ1v) is 9.42. The van der Waals surface area contributed by atoms with Gasteiger partial charge in [-0.25, -0.2) is 8.42 Å². The number of ether oxygens (including phenoxy) is 1. The number of para-hydroxylation sites is 2. The van der Waals surface area contributed by atoms with Gasteiger partial charge in [0, 0.05) is 18.7 Å². The minimum Gasteiger partial charge on any atom is -0.404 e. The maximum absolute atomic E-state index is 12.5. The third-order valence-electron chi connectivity index (χ3n) is 3.89. The van der Waals surface area contributed by atoms with Crippen LogP contribution in [0.15, 0.2) is 53.4 Å². The van der Waals surface area contributed by atoms with Gasteiger partial charge in [0.25, 0.3) is 10.0 Å². The standard InChI is InChI=1S/C17H15F3N2O4S/c18-17(19,20)26-15-5-2-1-4-14(15)21-27(24,25)13-9-7-12(8-10-13)22-11-3-6-16(22)23/h1-2,4-5,7-10,21H,3,6,11H2. The summed E-state index contributed by atoms with van der Waals surface area (Å²) in [4.78, 5) is 13.1. The van der Waals surface area contributed by atoms with Gasteiger partial charge in [0.1, 0.15) is 0 Å². The van der Waals surface area contributed by atoms with E-state index >= 15 is 0 Å². The largest absolute Gasteiger partial charge is 0.573 e. The van der Waals surface area contributed by atoms with E-state index in [-0.39, 0.29) is 16.5 Å². The predicted molar refractivity (Wildman–Crippen MR) is 92.0 cm³/mol.